The van der Waals surface area contributed by atoms with E-state index in [1.54, 1.807) is 42.2 Å². The number of halogens is 1. The maximum Gasteiger partial charge on any atom is 0.246 e. The zero-order valence-electron chi connectivity index (χ0n) is 17.6. The standard InChI is InChI=1S/C23H24ClN3O4S/c1-2-25-32(29,30)19-7-3-16(4-8-19)5-10-22(28)27-13-11-17(12-14-27)23-26-20-15-18(24)6-9-21(20)31-23/h3-10,15,17,25H,2,11-14H2,1H3. The van der Waals surface area contributed by atoms with E-state index in [4.69, 9.17) is 16.0 Å². The van der Waals surface area contributed by atoms with Gasteiger partial charge in [0.2, 0.25) is 15.9 Å². The molecule has 0 atom stereocenters. The summed E-state index contributed by atoms with van der Waals surface area (Å²) in [6.45, 7) is 3.29. The Labute approximate surface area is 192 Å². The molecule has 1 fully saturated rings. The minimum atomic E-state index is -3.48. The molecule has 1 saturated heterocycles. The van der Waals surface area contributed by atoms with Crippen LogP contribution in [0.2, 0.25) is 5.02 Å². The van der Waals surface area contributed by atoms with Crippen molar-refractivity contribution in [3.63, 3.8) is 0 Å². The molecule has 3 aromatic rings. The van der Waals surface area contributed by atoms with Gasteiger partial charge >= 0.3 is 0 Å². The normalized spacial score (nSPS) is 15.6. The summed E-state index contributed by atoms with van der Waals surface area (Å²) < 4.78 is 32.3. The zero-order valence-corrected chi connectivity index (χ0v) is 19.2. The predicted molar refractivity (Wildman–Crippen MR) is 124 cm³/mol. The number of likely N-dealkylation sites (tertiary alicyclic amines) is 1. The minimum absolute atomic E-state index is 0.0721. The van der Waals surface area contributed by atoms with Gasteiger partial charge in [-0.1, -0.05) is 30.7 Å². The van der Waals surface area contributed by atoms with Crippen molar-refractivity contribution < 1.29 is 17.6 Å². The van der Waals surface area contributed by atoms with Gasteiger partial charge in [0.05, 0.1) is 4.90 Å². The fourth-order valence-corrected chi connectivity index (χ4v) is 4.95. The summed E-state index contributed by atoms with van der Waals surface area (Å²) in [7, 11) is -3.48. The van der Waals surface area contributed by atoms with Crippen LogP contribution in [0.1, 0.15) is 37.1 Å². The Kier molecular flexibility index (Phi) is 6.64. The minimum Gasteiger partial charge on any atom is -0.440 e. The molecular weight excluding hydrogens is 450 g/mol. The highest BCUT2D eigenvalue weighted by atomic mass is 35.5. The van der Waals surface area contributed by atoms with E-state index in [1.165, 1.54) is 18.2 Å². The summed E-state index contributed by atoms with van der Waals surface area (Å²) in [6.07, 6.45) is 4.77. The van der Waals surface area contributed by atoms with Crippen molar-refractivity contribution in [2.45, 2.75) is 30.6 Å². The second-order valence-electron chi connectivity index (χ2n) is 7.67. The number of hydrogen-bond acceptors (Lipinski definition) is 5. The lowest BCUT2D eigenvalue weighted by atomic mass is 9.96. The number of oxazole rings is 1. The van der Waals surface area contributed by atoms with Gasteiger partial charge in [0.1, 0.15) is 5.52 Å². The Balaban J connectivity index is 1.34. The Morgan fingerprint density at radius 2 is 1.94 bits per heavy atom. The second-order valence-corrected chi connectivity index (χ2v) is 9.87. The number of fused-ring (bicyclic) bond motifs is 1. The molecule has 0 saturated carbocycles. The Hall–Kier alpha value is -2.68. The van der Waals surface area contributed by atoms with Crippen LogP contribution in [0, 0.1) is 0 Å². The van der Waals surface area contributed by atoms with Crippen molar-refractivity contribution >= 4 is 44.7 Å². The van der Waals surface area contributed by atoms with Gasteiger partial charge in [0.25, 0.3) is 0 Å². The third-order valence-corrected chi connectivity index (χ3v) is 7.26. The molecule has 0 unspecified atom stereocenters. The van der Waals surface area contributed by atoms with Gasteiger partial charge < -0.3 is 9.32 Å². The summed E-state index contributed by atoms with van der Waals surface area (Å²) in [6, 6.07) is 11.8. The molecule has 168 valence electrons. The van der Waals surface area contributed by atoms with Gasteiger partial charge in [0.15, 0.2) is 11.5 Å². The van der Waals surface area contributed by atoms with Gasteiger partial charge in [-0.15, -0.1) is 0 Å². The molecule has 1 N–H and O–H groups in total. The number of piperidine rings is 1. The van der Waals surface area contributed by atoms with Crippen LogP contribution in [-0.4, -0.2) is 43.8 Å². The van der Waals surface area contributed by atoms with Crippen molar-refractivity contribution in [1.29, 1.82) is 0 Å². The lowest BCUT2D eigenvalue weighted by Gasteiger charge is -2.29. The van der Waals surface area contributed by atoms with Crippen LogP contribution >= 0.6 is 11.6 Å². The fourth-order valence-electron chi connectivity index (χ4n) is 3.74. The van der Waals surface area contributed by atoms with Crippen LogP contribution in [0.3, 0.4) is 0 Å². The summed E-state index contributed by atoms with van der Waals surface area (Å²) in [5.41, 5.74) is 2.22. The van der Waals surface area contributed by atoms with E-state index in [0.29, 0.717) is 30.5 Å². The van der Waals surface area contributed by atoms with Crippen molar-refractivity contribution in [1.82, 2.24) is 14.6 Å². The molecule has 1 aliphatic heterocycles. The molecule has 2 heterocycles. The molecule has 1 amide bonds. The van der Waals surface area contributed by atoms with E-state index in [1.807, 2.05) is 6.07 Å². The molecule has 0 bridgehead atoms. The van der Waals surface area contributed by atoms with Gasteiger partial charge in [-0.05, 0) is 54.8 Å². The van der Waals surface area contributed by atoms with E-state index in [0.717, 1.165) is 29.5 Å². The maximum atomic E-state index is 12.6. The first kappa shape index (κ1) is 22.5. The van der Waals surface area contributed by atoms with E-state index >= 15 is 0 Å². The highest BCUT2D eigenvalue weighted by Crippen LogP contribution is 2.31. The number of sulfonamides is 1. The van der Waals surface area contributed by atoms with Crippen LogP contribution in [0.25, 0.3) is 17.2 Å². The van der Waals surface area contributed by atoms with E-state index < -0.39 is 10.0 Å². The number of nitrogens with zero attached hydrogens (tertiary/aromatic N) is 2. The smallest absolute Gasteiger partial charge is 0.246 e. The number of carbonyl (C=O) groups is 1. The molecule has 9 heteroatoms. The number of carbonyl (C=O) groups excluding carboxylic acids is 1. The summed E-state index contributed by atoms with van der Waals surface area (Å²) in [5, 5.41) is 0.624. The van der Waals surface area contributed by atoms with Crippen molar-refractivity contribution in [3.05, 3.63) is 65.0 Å². The molecule has 1 aromatic heterocycles. The van der Waals surface area contributed by atoms with Crippen molar-refractivity contribution in [2.75, 3.05) is 19.6 Å². The van der Waals surface area contributed by atoms with Gasteiger partial charge in [-0.2, -0.15) is 0 Å². The fraction of sp³-hybridized carbons (Fsp3) is 0.304. The monoisotopic (exact) mass is 473 g/mol. The third-order valence-electron chi connectivity index (χ3n) is 5.47. The number of nitrogens with one attached hydrogen (secondary N) is 1. The molecule has 32 heavy (non-hydrogen) atoms. The van der Waals surface area contributed by atoms with Crippen LogP contribution in [0.15, 0.2) is 57.9 Å². The molecule has 2 aromatic carbocycles. The first-order valence-electron chi connectivity index (χ1n) is 10.5. The van der Waals surface area contributed by atoms with Gasteiger partial charge in [-0.25, -0.2) is 18.1 Å². The molecule has 0 aliphatic carbocycles. The molecule has 0 spiro atoms. The summed E-state index contributed by atoms with van der Waals surface area (Å²) in [5.74, 6) is 0.787. The van der Waals surface area contributed by atoms with Crippen LogP contribution in [-0.2, 0) is 14.8 Å². The zero-order chi connectivity index (χ0) is 22.7. The molecule has 1 aliphatic rings. The Morgan fingerprint density at radius 1 is 1.22 bits per heavy atom. The second kappa shape index (κ2) is 9.44. The lowest BCUT2D eigenvalue weighted by Crippen LogP contribution is -2.36. The number of rotatable bonds is 6. The largest absolute Gasteiger partial charge is 0.440 e. The van der Waals surface area contributed by atoms with Gasteiger partial charge in [-0.3, -0.25) is 4.79 Å². The summed E-state index contributed by atoms with van der Waals surface area (Å²) >= 11 is 6.02. The average molecular weight is 474 g/mol. The van der Waals surface area contributed by atoms with E-state index in [9.17, 15) is 13.2 Å². The SMILES string of the molecule is CCNS(=O)(=O)c1ccc(C=CC(=O)N2CCC(c3nc4cc(Cl)ccc4o3)CC2)cc1. The van der Waals surface area contributed by atoms with Crippen LogP contribution in [0.4, 0.5) is 0 Å². The third kappa shape index (κ3) is 5.03. The van der Waals surface area contributed by atoms with Crippen LogP contribution in [0.5, 0.6) is 0 Å². The molecule has 7 nitrogen and oxygen atoms in total. The number of aromatic nitrogens is 1. The Bertz CT molecular complexity index is 1240. The Morgan fingerprint density at radius 3 is 2.62 bits per heavy atom. The molecule has 0 radical (unpaired) electrons. The average Bonchev–Trinajstić information content (AvgIpc) is 3.21. The highest BCUT2D eigenvalue weighted by molar-refractivity contribution is 7.89. The van der Waals surface area contributed by atoms with Crippen molar-refractivity contribution in [3.8, 4) is 0 Å². The quantitative estimate of drug-likeness (QED) is 0.541. The summed E-state index contributed by atoms with van der Waals surface area (Å²) in [4.78, 5) is 19.1. The predicted octanol–water partition coefficient (Wildman–Crippen LogP) is 4.20. The van der Waals surface area contributed by atoms with Crippen LogP contribution < -0.4 is 4.72 Å². The van der Waals surface area contributed by atoms with E-state index in [-0.39, 0.29) is 16.7 Å². The van der Waals surface area contributed by atoms with Crippen molar-refractivity contribution in [2.24, 2.45) is 0 Å². The first-order valence-corrected chi connectivity index (χ1v) is 12.3. The highest BCUT2D eigenvalue weighted by Gasteiger charge is 2.26. The molecule has 4 rings (SSSR count). The topological polar surface area (TPSA) is 92.5 Å². The number of hydrogen-bond donors (Lipinski definition) is 1. The van der Waals surface area contributed by atoms with E-state index in [2.05, 4.69) is 9.71 Å². The van der Waals surface area contributed by atoms with Gasteiger partial charge in [0, 0.05) is 36.7 Å². The number of amides is 1. The number of benzene rings is 2. The lowest BCUT2D eigenvalue weighted by molar-refractivity contribution is -0.127. The first-order chi connectivity index (χ1) is 15.4. The maximum absolute atomic E-state index is 12.6. The molecular formula is C23H24ClN3O4S.